The van der Waals surface area contributed by atoms with Gasteiger partial charge in [0.05, 0.1) is 11.6 Å². The number of hydrogen-bond donors (Lipinski definition) is 0. The monoisotopic (exact) mass is 435 g/mol. The number of thiazole rings is 1. The number of thioether (sulfide) groups is 1. The summed E-state index contributed by atoms with van der Waals surface area (Å²) in [6.07, 6.45) is 3.88. The van der Waals surface area contributed by atoms with Gasteiger partial charge in [-0.3, -0.25) is 14.2 Å². The van der Waals surface area contributed by atoms with E-state index in [4.69, 9.17) is 16.3 Å². The van der Waals surface area contributed by atoms with E-state index >= 15 is 0 Å². The molecule has 7 heteroatoms. The molecule has 2 aromatic rings. The Morgan fingerprint density at radius 3 is 2.75 bits per heavy atom. The molecule has 5 atom stereocenters. The Balaban J connectivity index is 1.61. The van der Waals surface area contributed by atoms with Crippen molar-refractivity contribution < 1.29 is 9.53 Å². The molecular weight excluding hydrogens is 414 g/mol. The highest BCUT2D eigenvalue weighted by atomic mass is 35.5. The lowest BCUT2D eigenvalue weighted by molar-refractivity contribution is -0.144. The van der Waals surface area contributed by atoms with Gasteiger partial charge in [0.15, 0.2) is 0 Å². The highest BCUT2D eigenvalue weighted by Gasteiger charge is 2.55. The third-order valence-electron chi connectivity index (χ3n) is 6.51. The molecule has 1 aromatic carbocycles. The molecule has 2 fully saturated rings. The summed E-state index contributed by atoms with van der Waals surface area (Å²) in [5.74, 6) is 1.88. The fourth-order valence-corrected chi connectivity index (χ4v) is 8.74. The van der Waals surface area contributed by atoms with Crippen LogP contribution in [0.25, 0.3) is 0 Å². The van der Waals surface area contributed by atoms with E-state index in [0.29, 0.717) is 23.7 Å². The van der Waals surface area contributed by atoms with Gasteiger partial charge >= 0.3 is 10.8 Å². The van der Waals surface area contributed by atoms with Crippen LogP contribution in [0.1, 0.15) is 42.5 Å². The van der Waals surface area contributed by atoms with Crippen LogP contribution in [-0.2, 0) is 16.1 Å². The fraction of sp³-hybridized carbons (Fsp3) is 0.524. The first kappa shape index (κ1) is 18.8. The van der Waals surface area contributed by atoms with Gasteiger partial charge in [-0.1, -0.05) is 35.1 Å². The van der Waals surface area contributed by atoms with E-state index in [-0.39, 0.29) is 23.3 Å². The number of carbonyl (C=O) groups is 1. The molecule has 5 rings (SSSR count). The summed E-state index contributed by atoms with van der Waals surface area (Å²) in [6, 6.07) is 8.10. The Hall–Kier alpha value is -1.24. The first-order valence-electron chi connectivity index (χ1n) is 9.88. The van der Waals surface area contributed by atoms with E-state index in [1.165, 1.54) is 36.2 Å². The SMILES string of the molecule is CCOC(=O)Cn1c2c(sc1=O)[C@@H](c1ccc(Cl)cc1)[C@@H]1[C@@H]3CC[C@@H](C3)[C@@H]1S2. The lowest BCUT2D eigenvalue weighted by Gasteiger charge is -2.40. The van der Waals surface area contributed by atoms with E-state index < -0.39 is 0 Å². The van der Waals surface area contributed by atoms with Crippen molar-refractivity contribution in [3.05, 3.63) is 49.4 Å². The van der Waals surface area contributed by atoms with E-state index in [1.807, 2.05) is 23.9 Å². The van der Waals surface area contributed by atoms with E-state index in [2.05, 4.69) is 12.1 Å². The van der Waals surface area contributed by atoms with Gasteiger partial charge < -0.3 is 4.74 Å². The van der Waals surface area contributed by atoms with Crippen LogP contribution in [0, 0.1) is 17.8 Å². The zero-order valence-electron chi connectivity index (χ0n) is 15.6. The molecule has 2 heterocycles. The second kappa shape index (κ2) is 7.22. The molecule has 4 nitrogen and oxygen atoms in total. The molecule has 1 aromatic heterocycles. The standard InChI is InChI=1S/C21H22ClNO3S2/c1-2-26-15(24)10-23-20-19(28-21(23)25)16(11-5-7-14(22)8-6-11)17-12-3-4-13(9-12)18(17)27-20/h5-8,12-13,16-18H,2-4,9-10H2,1H3/t12-,13+,16+,17+,18+/m1/s1. The number of aromatic nitrogens is 1. The number of benzene rings is 1. The minimum atomic E-state index is -0.344. The smallest absolute Gasteiger partial charge is 0.326 e. The number of carbonyl (C=O) groups excluding carboxylic acids is 1. The molecular formula is C21H22ClNO3S2. The Kier molecular flexibility index (Phi) is 4.84. The number of nitrogens with zero attached hydrogens (tertiary/aromatic N) is 1. The fourth-order valence-electron chi connectivity index (χ4n) is 5.47. The molecule has 0 N–H and O–H groups in total. The van der Waals surface area contributed by atoms with Gasteiger partial charge in [0, 0.05) is 21.1 Å². The molecule has 0 radical (unpaired) electrons. The summed E-state index contributed by atoms with van der Waals surface area (Å²) in [7, 11) is 0. The average molecular weight is 436 g/mol. The molecule has 148 valence electrons. The third kappa shape index (κ3) is 2.96. The van der Waals surface area contributed by atoms with Gasteiger partial charge in [-0.15, -0.1) is 11.8 Å². The van der Waals surface area contributed by atoms with Crippen LogP contribution >= 0.6 is 34.7 Å². The number of ether oxygens (including phenoxy) is 1. The van der Waals surface area contributed by atoms with Crippen molar-refractivity contribution in [2.75, 3.05) is 6.61 Å². The Labute approximate surface area is 177 Å². The zero-order valence-corrected chi connectivity index (χ0v) is 18.0. The minimum absolute atomic E-state index is 0.00429. The number of rotatable bonds is 4. The van der Waals surface area contributed by atoms with Crippen molar-refractivity contribution in [2.24, 2.45) is 17.8 Å². The van der Waals surface area contributed by atoms with E-state index in [1.54, 1.807) is 11.5 Å². The number of esters is 1. The Morgan fingerprint density at radius 1 is 1.25 bits per heavy atom. The van der Waals surface area contributed by atoms with E-state index in [0.717, 1.165) is 20.8 Å². The summed E-state index contributed by atoms with van der Waals surface area (Å²) in [5.41, 5.74) is 1.23. The maximum absolute atomic E-state index is 12.8. The summed E-state index contributed by atoms with van der Waals surface area (Å²) in [4.78, 5) is 26.0. The second-order valence-electron chi connectivity index (χ2n) is 7.95. The highest BCUT2D eigenvalue weighted by molar-refractivity contribution is 8.00. The second-order valence-corrected chi connectivity index (χ2v) is 10.5. The number of hydrogen-bond acceptors (Lipinski definition) is 5. The third-order valence-corrected chi connectivity index (χ3v) is 9.59. The van der Waals surface area contributed by atoms with Crippen molar-refractivity contribution in [1.29, 1.82) is 0 Å². The molecule has 1 aliphatic heterocycles. The first-order chi connectivity index (χ1) is 13.6. The van der Waals surface area contributed by atoms with Crippen LogP contribution in [0.5, 0.6) is 0 Å². The largest absolute Gasteiger partial charge is 0.465 e. The summed E-state index contributed by atoms with van der Waals surface area (Å²) in [6.45, 7) is 2.12. The molecule has 3 aliphatic rings. The average Bonchev–Trinajstić information content (AvgIpc) is 3.36. The topological polar surface area (TPSA) is 48.3 Å². The summed E-state index contributed by atoms with van der Waals surface area (Å²) >= 11 is 9.28. The van der Waals surface area contributed by atoms with Gasteiger partial charge in [0.25, 0.3) is 0 Å². The maximum Gasteiger partial charge on any atom is 0.326 e. The molecule has 2 aliphatic carbocycles. The first-order valence-corrected chi connectivity index (χ1v) is 12.0. The number of halogens is 1. The van der Waals surface area contributed by atoms with Crippen LogP contribution in [0.4, 0.5) is 0 Å². The van der Waals surface area contributed by atoms with Crippen molar-refractivity contribution in [3.8, 4) is 0 Å². The van der Waals surface area contributed by atoms with Gasteiger partial charge in [0.1, 0.15) is 6.54 Å². The lowest BCUT2D eigenvalue weighted by Crippen LogP contribution is -2.34. The highest BCUT2D eigenvalue weighted by Crippen LogP contribution is 2.64. The number of fused-ring (bicyclic) bond motifs is 6. The van der Waals surface area contributed by atoms with Crippen LogP contribution < -0.4 is 4.87 Å². The molecule has 0 unspecified atom stereocenters. The molecule has 2 saturated carbocycles. The van der Waals surface area contributed by atoms with E-state index in [9.17, 15) is 9.59 Å². The zero-order chi connectivity index (χ0) is 19.4. The summed E-state index contributed by atoms with van der Waals surface area (Å²) < 4.78 is 6.75. The summed E-state index contributed by atoms with van der Waals surface area (Å²) in [5, 5.41) is 2.23. The minimum Gasteiger partial charge on any atom is -0.465 e. The quantitative estimate of drug-likeness (QED) is 0.648. The lowest BCUT2D eigenvalue weighted by atomic mass is 9.75. The van der Waals surface area contributed by atoms with Crippen LogP contribution in [0.15, 0.2) is 34.1 Å². The predicted octanol–water partition coefficient (Wildman–Crippen LogP) is 4.78. The van der Waals surface area contributed by atoms with Crippen molar-refractivity contribution in [1.82, 2.24) is 4.57 Å². The van der Waals surface area contributed by atoms with Crippen LogP contribution in [0.3, 0.4) is 0 Å². The molecule has 28 heavy (non-hydrogen) atoms. The van der Waals surface area contributed by atoms with Gasteiger partial charge in [0.2, 0.25) is 0 Å². The normalized spacial score (nSPS) is 30.1. The Morgan fingerprint density at radius 2 is 2.00 bits per heavy atom. The maximum atomic E-state index is 12.8. The van der Waals surface area contributed by atoms with Crippen molar-refractivity contribution in [2.45, 2.75) is 48.9 Å². The van der Waals surface area contributed by atoms with Gasteiger partial charge in [-0.05, 0) is 61.6 Å². The predicted molar refractivity (Wildman–Crippen MR) is 112 cm³/mol. The molecule has 2 bridgehead atoms. The van der Waals surface area contributed by atoms with Crippen molar-refractivity contribution >= 4 is 40.7 Å². The van der Waals surface area contributed by atoms with Crippen LogP contribution in [-0.4, -0.2) is 22.4 Å². The van der Waals surface area contributed by atoms with Crippen LogP contribution in [0.2, 0.25) is 5.02 Å². The van der Waals surface area contributed by atoms with Gasteiger partial charge in [-0.25, -0.2) is 0 Å². The molecule has 0 amide bonds. The Bertz CT molecular complexity index is 967. The van der Waals surface area contributed by atoms with Gasteiger partial charge in [-0.2, -0.15) is 0 Å². The van der Waals surface area contributed by atoms with Crippen molar-refractivity contribution in [3.63, 3.8) is 0 Å². The molecule has 0 saturated heterocycles. The molecule has 0 spiro atoms.